The van der Waals surface area contributed by atoms with Crippen LogP contribution in [0.15, 0.2) is 24.3 Å². The van der Waals surface area contributed by atoms with Gasteiger partial charge in [0.2, 0.25) is 5.91 Å². The SMILES string of the molecule is C=C(CCCC)CN(CC(=C)CCCC)C(=O)C1CC(C)(C)NC(C)(C)C1. The Hall–Kier alpha value is -1.09. The summed E-state index contributed by atoms with van der Waals surface area (Å²) in [5, 5.41) is 3.69. The van der Waals surface area contributed by atoms with E-state index in [2.05, 4.69) is 60.0 Å². The monoisotopic (exact) mass is 376 g/mol. The van der Waals surface area contributed by atoms with Crippen molar-refractivity contribution in [2.45, 2.75) is 104 Å². The third-order valence-electron chi connectivity index (χ3n) is 5.45. The average molecular weight is 377 g/mol. The molecule has 1 amide bonds. The van der Waals surface area contributed by atoms with Crippen LogP contribution in [0.2, 0.25) is 0 Å². The second kappa shape index (κ2) is 10.5. The molecule has 1 aliphatic heterocycles. The van der Waals surface area contributed by atoms with E-state index >= 15 is 0 Å². The fourth-order valence-electron chi connectivity index (χ4n) is 4.52. The van der Waals surface area contributed by atoms with E-state index in [-0.39, 0.29) is 22.9 Å². The van der Waals surface area contributed by atoms with Gasteiger partial charge in [-0.2, -0.15) is 0 Å². The predicted octanol–water partition coefficient (Wildman–Crippen LogP) is 5.86. The van der Waals surface area contributed by atoms with E-state index in [1.807, 2.05) is 4.90 Å². The molecule has 0 atom stereocenters. The Balaban J connectivity index is 2.89. The van der Waals surface area contributed by atoms with E-state index < -0.39 is 0 Å². The van der Waals surface area contributed by atoms with Crippen LogP contribution < -0.4 is 5.32 Å². The molecule has 0 aromatic rings. The molecule has 1 heterocycles. The molecule has 1 N–H and O–H groups in total. The molecule has 0 radical (unpaired) electrons. The second-order valence-corrected chi connectivity index (χ2v) is 9.90. The van der Waals surface area contributed by atoms with Gasteiger partial charge in [0.25, 0.3) is 0 Å². The third-order valence-corrected chi connectivity index (χ3v) is 5.45. The first-order valence-electron chi connectivity index (χ1n) is 10.9. The molecular weight excluding hydrogens is 332 g/mol. The smallest absolute Gasteiger partial charge is 0.226 e. The summed E-state index contributed by atoms with van der Waals surface area (Å²) in [6.07, 6.45) is 8.38. The number of nitrogens with one attached hydrogen (secondary N) is 1. The lowest BCUT2D eigenvalue weighted by molar-refractivity contribution is -0.137. The number of piperidine rings is 1. The lowest BCUT2D eigenvalue weighted by Gasteiger charge is -2.47. The van der Waals surface area contributed by atoms with Crippen LogP contribution in [0.25, 0.3) is 0 Å². The van der Waals surface area contributed by atoms with Crippen molar-refractivity contribution < 1.29 is 4.79 Å². The summed E-state index contributed by atoms with van der Waals surface area (Å²) in [6.45, 7) is 23.1. The number of carbonyl (C=O) groups is 1. The van der Waals surface area contributed by atoms with Gasteiger partial charge in [-0.3, -0.25) is 4.79 Å². The molecule has 1 fully saturated rings. The van der Waals surface area contributed by atoms with Crippen LogP contribution in [0.3, 0.4) is 0 Å². The van der Waals surface area contributed by atoms with Crippen molar-refractivity contribution in [3.63, 3.8) is 0 Å². The van der Waals surface area contributed by atoms with Gasteiger partial charge in [-0.25, -0.2) is 0 Å². The zero-order valence-electron chi connectivity index (χ0n) is 18.9. The average Bonchev–Trinajstić information content (AvgIpc) is 2.54. The van der Waals surface area contributed by atoms with E-state index in [0.717, 1.165) is 51.4 Å². The first kappa shape index (κ1) is 23.9. The Morgan fingerprint density at radius 3 is 1.70 bits per heavy atom. The Morgan fingerprint density at radius 1 is 0.926 bits per heavy atom. The van der Waals surface area contributed by atoms with Gasteiger partial charge in [0, 0.05) is 30.1 Å². The Kier molecular flexibility index (Phi) is 9.27. The predicted molar refractivity (Wildman–Crippen MR) is 118 cm³/mol. The molecule has 1 saturated heterocycles. The fourth-order valence-corrected chi connectivity index (χ4v) is 4.52. The molecule has 1 rings (SSSR count). The minimum atomic E-state index is -0.0216. The minimum absolute atomic E-state index is 0.0216. The van der Waals surface area contributed by atoms with E-state index in [9.17, 15) is 4.79 Å². The molecule has 0 unspecified atom stereocenters. The summed E-state index contributed by atoms with van der Waals surface area (Å²) in [4.78, 5) is 15.5. The number of amides is 1. The molecule has 27 heavy (non-hydrogen) atoms. The summed E-state index contributed by atoms with van der Waals surface area (Å²) in [5.41, 5.74) is 2.29. The number of carbonyl (C=O) groups excluding carboxylic acids is 1. The quantitative estimate of drug-likeness (QED) is 0.458. The minimum Gasteiger partial charge on any atom is -0.334 e. The van der Waals surface area contributed by atoms with Gasteiger partial charge in [-0.1, -0.05) is 51.0 Å². The lowest BCUT2D eigenvalue weighted by Crippen LogP contribution is -2.60. The molecule has 1 aliphatic rings. The van der Waals surface area contributed by atoms with E-state index in [1.54, 1.807) is 0 Å². The molecule has 156 valence electrons. The highest BCUT2D eigenvalue weighted by Gasteiger charge is 2.41. The molecule has 0 bridgehead atoms. The summed E-state index contributed by atoms with van der Waals surface area (Å²) >= 11 is 0. The molecule has 0 aliphatic carbocycles. The number of hydrogen-bond donors (Lipinski definition) is 1. The Bertz CT molecular complexity index is 480. The van der Waals surface area contributed by atoms with E-state index in [0.29, 0.717) is 13.1 Å². The summed E-state index contributed by atoms with van der Waals surface area (Å²) in [5.74, 6) is 0.349. The van der Waals surface area contributed by atoms with Gasteiger partial charge in [0.15, 0.2) is 0 Å². The van der Waals surface area contributed by atoms with Crippen LogP contribution in [0.1, 0.15) is 92.9 Å². The first-order valence-corrected chi connectivity index (χ1v) is 10.9. The highest BCUT2D eigenvalue weighted by atomic mass is 16.2. The molecule has 0 aromatic heterocycles. The van der Waals surface area contributed by atoms with Crippen LogP contribution >= 0.6 is 0 Å². The number of nitrogens with zero attached hydrogens (tertiary/aromatic N) is 1. The van der Waals surface area contributed by atoms with Crippen LogP contribution in [-0.2, 0) is 4.79 Å². The standard InChI is InChI=1S/C24H44N2O/c1-9-11-13-19(3)17-26(18-20(4)14-12-10-2)22(27)21-15-23(5,6)25-24(7,8)16-21/h21,25H,3-4,9-18H2,1-2,5-8H3. The van der Waals surface area contributed by atoms with Crippen molar-refractivity contribution in [3.05, 3.63) is 24.3 Å². The second-order valence-electron chi connectivity index (χ2n) is 9.90. The molecule has 0 aromatic carbocycles. The largest absolute Gasteiger partial charge is 0.334 e. The maximum atomic E-state index is 13.5. The van der Waals surface area contributed by atoms with Gasteiger partial charge < -0.3 is 10.2 Å². The molecule has 0 spiro atoms. The zero-order chi connectivity index (χ0) is 20.7. The first-order chi connectivity index (χ1) is 12.5. The Morgan fingerprint density at radius 2 is 1.33 bits per heavy atom. The van der Waals surface area contributed by atoms with Gasteiger partial charge >= 0.3 is 0 Å². The highest BCUT2D eigenvalue weighted by molar-refractivity contribution is 5.80. The third kappa shape index (κ3) is 8.64. The topological polar surface area (TPSA) is 32.3 Å². The van der Waals surface area contributed by atoms with Crippen LogP contribution in [-0.4, -0.2) is 35.0 Å². The molecular formula is C24H44N2O. The van der Waals surface area contributed by atoms with Crippen LogP contribution in [0, 0.1) is 5.92 Å². The van der Waals surface area contributed by atoms with Crippen molar-refractivity contribution in [2.75, 3.05) is 13.1 Å². The normalized spacial score (nSPS) is 18.9. The number of hydrogen-bond acceptors (Lipinski definition) is 2. The van der Waals surface area contributed by atoms with E-state index in [4.69, 9.17) is 0 Å². The van der Waals surface area contributed by atoms with Crippen LogP contribution in [0.5, 0.6) is 0 Å². The van der Waals surface area contributed by atoms with E-state index in [1.165, 1.54) is 11.1 Å². The maximum Gasteiger partial charge on any atom is 0.226 e. The van der Waals surface area contributed by atoms with Crippen molar-refractivity contribution in [2.24, 2.45) is 5.92 Å². The summed E-state index contributed by atoms with van der Waals surface area (Å²) < 4.78 is 0. The number of unbranched alkanes of at least 4 members (excludes halogenated alkanes) is 2. The van der Waals surface area contributed by atoms with Crippen LogP contribution in [0.4, 0.5) is 0 Å². The molecule has 3 heteroatoms. The maximum absolute atomic E-state index is 13.5. The van der Waals surface area contributed by atoms with Gasteiger partial charge in [-0.05, 0) is 66.2 Å². The molecule has 0 saturated carbocycles. The highest BCUT2D eigenvalue weighted by Crippen LogP contribution is 2.34. The summed E-state index contributed by atoms with van der Waals surface area (Å²) in [7, 11) is 0. The zero-order valence-corrected chi connectivity index (χ0v) is 18.9. The summed E-state index contributed by atoms with van der Waals surface area (Å²) in [6, 6.07) is 0. The fraction of sp³-hybridized carbons (Fsp3) is 0.792. The van der Waals surface area contributed by atoms with Gasteiger partial charge in [0.05, 0.1) is 0 Å². The van der Waals surface area contributed by atoms with Crippen molar-refractivity contribution in [1.82, 2.24) is 10.2 Å². The van der Waals surface area contributed by atoms with Gasteiger partial charge in [0.1, 0.15) is 0 Å². The Labute approximate surface area is 168 Å². The lowest BCUT2D eigenvalue weighted by atomic mass is 9.75. The van der Waals surface area contributed by atoms with Crippen molar-refractivity contribution >= 4 is 5.91 Å². The molecule has 3 nitrogen and oxygen atoms in total. The van der Waals surface area contributed by atoms with Gasteiger partial charge in [-0.15, -0.1) is 0 Å². The number of rotatable bonds is 11. The van der Waals surface area contributed by atoms with Crippen molar-refractivity contribution in [3.8, 4) is 0 Å². The van der Waals surface area contributed by atoms with Crippen molar-refractivity contribution in [1.29, 1.82) is 0 Å².